The fourth-order valence-corrected chi connectivity index (χ4v) is 5.44. The number of esters is 1. The number of ketones is 1. The molecule has 3 aromatic rings. The maximum atomic E-state index is 13.9. The summed E-state index contributed by atoms with van der Waals surface area (Å²) in [6, 6.07) is 27.5. The number of hydrogen-bond donors (Lipinski definition) is 1. The third-order valence-electron chi connectivity index (χ3n) is 7.22. The zero-order chi connectivity index (χ0) is 26.5. The van der Waals surface area contributed by atoms with Gasteiger partial charge >= 0.3 is 5.97 Å². The smallest absolute Gasteiger partial charge is 0.337 e. The highest BCUT2D eigenvalue weighted by Crippen LogP contribution is 2.47. The van der Waals surface area contributed by atoms with Gasteiger partial charge < -0.3 is 14.8 Å². The highest BCUT2D eigenvalue weighted by atomic mass is 16.5. The molecule has 3 aromatic carbocycles. The fourth-order valence-electron chi connectivity index (χ4n) is 5.44. The molecule has 0 fully saturated rings. The van der Waals surface area contributed by atoms with Gasteiger partial charge in [0, 0.05) is 29.0 Å². The maximum Gasteiger partial charge on any atom is 0.337 e. The average Bonchev–Trinajstić information content (AvgIpc) is 2.95. The van der Waals surface area contributed by atoms with Gasteiger partial charge in [-0.25, -0.2) is 4.79 Å². The molecule has 2 atom stereocenters. The van der Waals surface area contributed by atoms with Crippen molar-refractivity contribution >= 4 is 11.8 Å². The summed E-state index contributed by atoms with van der Waals surface area (Å²) in [7, 11) is 0. The second-order valence-electron chi connectivity index (χ2n) is 9.88. The molecule has 1 N–H and O–H groups in total. The van der Waals surface area contributed by atoms with Crippen molar-refractivity contribution in [2.24, 2.45) is 0 Å². The van der Waals surface area contributed by atoms with Crippen LogP contribution < -0.4 is 10.1 Å². The molecule has 194 valence electrons. The third kappa shape index (κ3) is 5.28. The van der Waals surface area contributed by atoms with Gasteiger partial charge in [-0.1, -0.05) is 85.8 Å². The largest absolute Gasteiger partial charge is 0.493 e. The van der Waals surface area contributed by atoms with Crippen LogP contribution >= 0.6 is 0 Å². The molecule has 5 heteroatoms. The van der Waals surface area contributed by atoms with Crippen LogP contribution in [0.4, 0.5) is 0 Å². The molecule has 5 nitrogen and oxygen atoms in total. The van der Waals surface area contributed by atoms with E-state index in [9.17, 15) is 9.59 Å². The predicted molar refractivity (Wildman–Crippen MR) is 147 cm³/mol. The van der Waals surface area contributed by atoms with Crippen LogP contribution in [-0.2, 0) is 20.9 Å². The number of allylic oxidation sites excluding steroid dienone is 3. The zero-order valence-electron chi connectivity index (χ0n) is 21.9. The molecule has 2 aliphatic rings. The molecule has 0 radical (unpaired) electrons. The number of hydrogen-bond acceptors (Lipinski definition) is 5. The number of carbonyl (C=O) groups is 2. The van der Waals surface area contributed by atoms with E-state index in [1.54, 1.807) is 0 Å². The van der Waals surface area contributed by atoms with Crippen LogP contribution in [0, 0.1) is 0 Å². The number of ether oxygens (including phenoxy) is 2. The first kappa shape index (κ1) is 25.5. The van der Waals surface area contributed by atoms with Crippen LogP contribution in [0.2, 0.25) is 0 Å². The first-order valence-electron chi connectivity index (χ1n) is 13.3. The van der Waals surface area contributed by atoms with E-state index in [0.29, 0.717) is 42.0 Å². The van der Waals surface area contributed by atoms with Crippen LogP contribution in [0.3, 0.4) is 0 Å². The number of benzene rings is 3. The van der Waals surface area contributed by atoms with Gasteiger partial charge in [0.2, 0.25) is 0 Å². The van der Waals surface area contributed by atoms with Crippen molar-refractivity contribution in [3.63, 3.8) is 0 Å². The molecule has 0 saturated carbocycles. The summed E-state index contributed by atoms with van der Waals surface area (Å²) >= 11 is 0. The molecule has 0 amide bonds. The molecule has 0 saturated heterocycles. The average molecular weight is 508 g/mol. The number of rotatable bonds is 8. The van der Waals surface area contributed by atoms with Crippen molar-refractivity contribution in [1.29, 1.82) is 0 Å². The summed E-state index contributed by atoms with van der Waals surface area (Å²) in [5.41, 5.74) is 5.55. The highest BCUT2D eigenvalue weighted by molar-refractivity contribution is 6.04. The van der Waals surface area contributed by atoms with E-state index in [-0.39, 0.29) is 18.3 Å². The lowest BCUT2D eigenvalue weighted by molar-refractivity contribution is -0.140. The molecule has 1 heterocycles. The van der Waals surface area contributed by atoms with Gasteiger partial charge in [-0.3, -0.25) is 4.79 Å². The molecule has 38 heavy (non-hydrogen) atoms. The van der Waals surface area contributed by atoms with E-state index in [2.05, 4.69) is 24.4 Å². The molecule has 5 rings (SSSR count). The standard InChI is InChI=1S/C33H33NO4/c1-3-18-37-29-17-11-10-16-26(29)31-30(33(36)38-21-23-12-6-4-7-13-23)22(2)34-27-19-25(20-28(35)32(27)31)24-14-8-5-9-15-24/h4-17,25,31,34H,3,18-21H2,1-2H3/t25-,31+/m0/s1. The Morgan fingerprint density at radius 1 is 0.921 bits per heavy atom. The number of carbonyl (C=O) groups excluding carboxylic acids is 2. The molecule has 0 bridgehead atoms. The van der Waals surface area contributed by atoms with E-state index >= 15 is 0 Å². The minimum absolute atomic E-state index is 0.0451. The summed E-state index contributed by atoms with van der Waals surface area (Å²) in [5, 5.41) is 3.44. The third-order valence-corrected chi connectivity index (χ3v) is 7.22. The molecule has 1 aliphatic heterocycles. The van der Waals surface area contributed by atoms with Crippen molar-refractivity contribution in [2.45, 2.75) is 51.6 Å². The first-order chi connectivity index (χ1) is 18.6. The van der Waals surface area contributed by atoms with Gasteiger partial charge in [0.15, 0.2) is 5.78 Å². The molecular weight excluding hydrogens is 474 g/mol. The Hall–Kier alpha value is -4.12. The lowest BCUT2D eigenvalue weighted by Crippen LogP contribution is -2.36. The van der Waals surface area contributed by atoms with E-state index in [1.165, 1.54) is 0 Å². The Balaban J connectivity index is 1.55. The summed E-state index contributed by atoms with van der Waals surface area (Å²) in [4.78, 5) is 27.5. The number of Topliss-reactive ketones (excluding diaryl/α,β-unsaturated/α-hetero) is 1. The summed E-state index contributed by atoms with van der Waals surface area (Å²) in [6.07, 6.45) is 1.95. The SMILES string of the molecule is CCCOc1ccccc1[C@@H]1C(C(=O)OCc2ccccc2)=C(C)NC2=C1C(=O)C[C@@H](c1ccccc1)C2. The quantitative estimate of drug-likeness (QED) is 0.349. The Morgan fingerprint density at radius 2 is 1.61 bits per heavy atom. The van der Waals surface area contributed by atoms with Crippen LogP contribution in [0.15, 0.2) is 107 Å². The first-order valence-corrected chi connectivity index (χ1v) is 13.3. The van der Waals surface area contributed by atoms with E-state index in [1.807, 2.05) is 79.7 Å². The van der Waals surface area contributed by atoms with Crippen LogP contribution in [0.25, 0.3) is 0 Å². The van der Waals surface area contributed by atoms with Crippen molar-refractivity contribution < 1.29 is 19.1 Å². The second kappa shape index (κ2) is 11.5. The van der Waals surface area contributed by atoms with Crippen LogP contribution in [0.1, 0.15) is 61.6 Å². The molecule has 0 aromatic heterocycles. The minimum Gasteiger partial charge on any atom is -0.493 e. The van der Waals surface area contributed by atoms with Gasteiger partial charge in [0.05, 0.1) is 18.1 Å². The van der Waals surface area contributed by atoms with Gasteiger partial charge in [0.1, 0.15) is 12.4 Å². The minimum atomic E-state index is -0.563. The van der Waals surface area contributed by atoms with Gasteiger partial charge in [-0.15, -0.1) is 0 Å². The number of dihydropyridines is 1. The van der Waals surface area contributed by atoms with Gasteiger partial charge in [-0.05, 0) is 42.9 Å². The predicted octanol–water partition coefficient (Wildman–Crippen LogP) is 6.58. The number of nitrogens with one attached hydrogen (secondary N) is 1. The number of para-hydroxylation sites is 1. The van der Waals surface area contributed by atoms with Crippen molar-refractivity contribution in [2.75, 3.05) is 6.61 Å². The lowest BCUT2D eigenvalue weighted by Gasteiger charge is -2.37. The van der Waals surface area contributed by atoms with Crippen LogP contribution in [-0.4, -0.2) is 18.4 Å². The Morgan fingerprint density at radius 3 is 2.34 bits per heavy atom. The Labute approximate surface area is 224 Å². The molecule has 0 spiro atoms. The second-order valence-corrected chi connectivity index (χ2v) is 9.88. The maximum absolute atomic E-state index is 13.9. The van der Waals surface area contributed by atoms with Crippen molar-refractivity contribution in [1.82, 2.24) is 5.32 Å². The van der Waals surface area contributed by atoms with Gasteiger partial charge in [0.25, 0.3) is 0 Å². The normalized spacial score (nSPS) is 19.1. The van der Waals surface area contributed by atoms with E-state index in [4.69, 9.17) is 9.47 Å². The monoisotopic (exact) mass is 507 g/mol. The summed E-state index contributed by atoms with van der Waals surface area (Å²) in [5.74, 6) is -0.178. The molecule has 1 aliphatic carbocycles. The zero-order valence-corrected chi connectivity index (χ0v) is 21.9. The Kier molecular flexibility index (Phi) is 7.73. The lowest BCUT2D eigenvalue weighted by atomic mass is 9.71. The Bertz CT molecular complexity index is 1370. The van der Waals surface area contributed by atoms with E-state index in [0.717, 1.165) is 28.8 Å². The fraction of sp³-hybridized carbons (Fsp3) is 0.273. The molecule has 0 unspecified atom stereocenters. The molecular formula is C33H33NO4. The summed E-state index contributed by atoms with van der Waals surface area (Å²) < 4.78 is 11.9. The van der Waals surface area contributed by atoms with Crippen molar-refractivity contribution in [3.05, 3.63) is 124 Å². The van der Waals surface area contributed by atoms with Crippen molar-refractivity contribution in [3.8, 4) is 5.75 Å². The highest BCUT2D eigenvalue weighted by Gasteiger charge is 2.42. The topological polar surface area (TPSA) is 64.6 Å². The van der Waals surface area contributed by atoms with Crippen LogP contribution in [0.5, 0.6) is 5.75 Å². The summed E-state index contributed by atoms with van der Waals surface area (Å²) in [6.45, 7) is 4.65. The van der Waals surface area contributed by atoms with Gasteiger partial charge in [-0.2, -0.15) is 0 Å². The van der Waals surface area contributed by atoms with E-state index < -0.39 is 11.9 Å².